The van der Waals surface area contributed by atoms with E-state index in [1.165, 1.54) is 10.6 Å². The van der Waals surface area contributed by atoms with Crippen molar-refractivity contribution in [3.63, 3.8) is 0 Å². The van der Waals surface area contributed by atoms with Gasteiger partial charge in [-0.25, -0.2) is 4.98 Å². The van der Waals surface area contributed by atoms with Gasteiger partial charge in [-0.3, -0.25) is 14.4 Å². The van der Waals surface area contributed by atoms with Gasteiger partial charge in [0.1, 0.15) is 12.4 Å². The Morgan fingerprint density at radius 3 is 2.70 bits per heavy atom. The van der Waals surface area contributed by atoms with Crippen LogP contribution < -0.4 is 11.1 Å². The van der Waals surface area contributed by atoms with Crippen LogP contribution in [0, 0.1) is 0 Å². The molecule has 1 aromatic carbocycles. The number of hydrogen-bond acceptors (Lipinski definition) is 4. The van der Waals surface area contributed by atoms with E-state index in [1.807, 2.05) is 13.0 Å². The number of carbonyl (C=O) groups excluding carboxylic acids is 1. The van der Waals surface area contributed by atoms with Crippen molar-refractivity contribution in [1.82, 2.24) is 19.4 Å². The van der Waals surface area contributed by atoms with E-state index in [0.29, 0.717) is 23.3 Å². The molecule has 7 nitrogen and oxygen atoms in total. The maximum Gasteiger partial charge on any atom is 0.258 e. The number of benzene rings is 1. The lowest BCUT2D eigenvalue weighted by molar-refractivity contribution is -0.132. The number of rotatable bonds is 7. The Morgan fingerprint density at radius 2 is 1.93 bits per heavy atom. The van der Waals surface area contributed by atoms with Crippen LogP contribution in [0.25, 0.3) is 10.9 Å². The van der Waals surface area contributed by atoms with Crippen LogP contribution in [0.3, 0.4) is 0 Å². The van der Waals surface area contributed by atoms with Gasteiger partial charge in [-0.1, -0.05) is 31.5 Å². The monoisotopic (exact) mass is 366 g/mol. The number of unbranched alkanes of at least 4 members (excludes halogenated alkanes) is 1. The van der Waals surface area contributed by atoms with Gasteiger partial charge in [-0.2, -0.15) is 0 Å². The molecule has 27 heavy (non-hydrogen) atoms. The van der Waals surface area contributed by atoms with Gasteiger partial charge in [-0.15, -0.1) is 0 Å². The average Bonchev–Trinajstić information content (AvgIpc) is 2.67. The fourth-order valence-electron chi connectivity index (χ4n) is 2.87. The zero-order valence-electron chi connectivity index (χ0n) is 15.2. The maximum absolute atomic E-state index is 12.8. The number of carbonyl (C=O) groups is 1. The Bertz CT molecular complexity index is 1050. The summed E-state index contributed by atoms with van der Waals surface area (Å²) in [4.78, 5) is 45.8. The van der Waals surface area contributed by atoms with Crippen molar-refractivity contribution in [2.24, 2.45) is 0 Å². The molecule has 0 radical (unpaired) electrons. The van der Waals surface area contributed by atoms with Crippen LogP contribution in [-0.4, -0.2) is 31.9 Å². The minimum absolute atomic E-state index is 0.0405. The van der Waals surface area contributed by atoms with E-state index in [-0.39, 0.29) is 30.1 Å². The molecule has 2 heterocycles. The molecule has 3 aromatic rings. The molecule has 0 fully saturated rings. The number of nitrogens with one attached hydrogen (secondary N) is 1. The first-order valence-electron chi connectivity index (χ1n) is 8.99. The predicted octanol–water partition coefficient (Wildman–Crippen LogP) is 1.91. The Labute approximate surface area is 156 Å². The first-order chi connectivity index (χ1) is 13.1. The fraction of sp³-hybridized carbons (Fsp3) is 0.300. The molecule has 0 saturated carbocycles. The summed E-state index contributed by atoms with van der Waals surface area (Å²) in [6, 6.07) is 11.9. The van der Waals surface area contributed by atoms with Crippen LogP contribution in [0.15, 0.2) is 58.3 Å². The van der Waals surface area contributed by atoms with E-state index in [4.69, 9.17) is 0 Å². The minimum Gasteiger partial charge on any atom is -0.334 e. The van der Waals surface area contributed by atoms with Crippen molar-refractivity contribution >= 4 is 16.8 Å². The van der Waals surface area contributed by atoms with E-state index in [1.54, 1.807) is 41.4 Å². The normalized spacial score (nSPS) is 10.9. The molecule has 7 heteroatoms. The summed E-state index contributed by atoms with van der Waals surface area (Å²) in [5.41, 5.74) is 0.148. The molecule has 0 saturated heterocycles. The molecule has 2 aromatic heterocycles. The van der Waals surface area contributed by atoms with Gasteiger partial charge in [0.15, 0.2) is 0 Å². The second kappa shape index (κ2) is 8.44. The topological polar surface area (TPSA) is 88.1 Å². The van der Waals surface area contributed by atoms with Crippen LogP contribution in [0.5, 0.6) is 0 Å². The Kier molecular flexibility index (Phi) is 5.80. The summed E-state index contributed by atoms with van der Waals surface area (Å²) >= 11 is 0. The summed E-state index contributed by atoms with van der Waals surface area (Å²) in [6.07, 6.45) is 3.35. The molecular weight excluding hydrogens is 344 g/mol. The lowest BCUT2D eigenvalue weighted by atomic mass is 10.2. The highest BCUT2D eigenvalue weighted by molar-refractivity contribution is 5.77. The SMILES string of the molecule is CCCCN(Cc1nc2ccccc2c(=O)[nH]1)C(=O)Cn1ccccc1=O. The van der Waals surface area contributed by atoms with Crippen molar-refractivity contribution in [3.8, 4) is 0 Å². The van der Waals surface area contributed by atoms with Crippen LogP contribution in [0.4, 0.5) is 0 Å². The summed E-state index contributed by atoms with van der Waals surface area (Å²) in [5.74, 6) is 0.246. The summed E-state index contributed by atoms with van der Waals surface area (Å²) < 4.78 is 1.37. The van der Waals surface area contributed by atoms with Gasteiger partial charge in [0.2, 0.25) is 5.91 Å². The lowest BCUT2D eigenvalue weighted by Gasteiger charge is -2.22. The number of hydrogen-bond donors (Lipinski definition) is 1. The quantitative estimate of drug-likeness (QED) is 0.692. The van der Waals surface area contributed by atoms with Crippen LogP contribution in [-0.2, 0) is 17.9 Å². The number of amides is 1. The smallest absolute Gasteiger partial charge is 0.258 e. The van der Waals surface area contributed by atoms with E-state index in [2.05, 4.69) is 9.97 Å². The van der Waals surface area contributed by atoms with E-state index >= 15 is 0 Å². The van der Waals surface area contributed by atoms with Gasteiger partial charge in [0, 0.05) is 18.8 Å². The molecule has 0 aliphatic carbocycles. The van der Waals surface area contributed by atoms with Gasteiger partial charge in [0.05, 0.1) is 17.4 Å². The molecule has 3 rings (SSSR count). The third kappa shape index (κ3) is 4.49. The number of fused-ring (bicyclic) bond motifs is 1. The van der Waals surface area contributed by atoms with Gasteiger partial charge in [0.25, 0.3) is 11.1 Å². The standard InChI is InChI=1S/C20H22N4O3/c1-2-3-11-23(19(26)14-24-12-7-6-10-18(24)25)13-17-21-16-9-5-4-8-15(16)20(27)22-17/h4-10,12H,2-3,11,13-14H2,1H3,(H,21,22,27). The molecule has 140 valence electrons. The lowest BCUT2D eigenvalue weighted by Crippen LogP contribution is -2.37. The van der Waals surface area contributed by atoms with E-state index in [9.17, 15) is 14.4 Å². The Balaban J connectivity index is 1.84. The Morgan fingerprint density at radius 1 is 1.15 bits per heavy atom. The molecule has 1 amide bonds. The molecule has 0 atom stereocenters. The summed E-state index contributed by atoms with van der Waals surface area (Å²) in [6.45, 7) is 2.73. The van der Waals surface area contributed by atoms with Gasteiger partial charge >= 0.3 is 0 Å². The van der Waals surface area contributed by atoms with Crippen molar-refractivity contribution in [3.05, 3.63) is 75.2 Å². The number of nitrogens with zero attached hydrogens (tertiary/aromatic N) is 3. The number of aromatic amines is 1. The zero-order valence-corrected chi connectivity index (χ0v) is 15.2. The molecule has 0 aliphatic rings. The highest BCUT2D eigenvalue weighted by Gasteiger charge is 2.16. The predicted molar refractivity (Wildman–Crippen MR) is 103 cm³/mol. The molecule has 0 aliphatic heterocycles. The first-order valence-corrected chi connectivity index (χ1v) is 8.99. The third-order valence-electron chi connectivity index (χ3n) is 4.34. The highest BCUT2D eigenvalue weighted by Crippen LogP contribution is 2.08. The van der Waals surface area contributed by atoms with E-state index < -0.39 is 0 Å². The van der Waals surface area contributed by atoms with Crippen molar-refractivity contribution in [2.75, 3.05) is 6.54 Å². The van der Waals surface area contributed by atoms with Crippen LogP contribution >= 0.6 is 0 Å². The first kappa shape index (κ1) is 18.6. The summed E-state index contributed by atoms with van der Waals surface area (Å²) in [5, 5.41) is 0.517. The zero-order chi connectivity index (χ0) is 19.2. The number of aromatic nitrogens is 3. The minimum atomic E-state index is -0.224. The van der Waals surface area contributed by atoms with Crippen molar-refractivity contribution < 1.29 is 4.79 Å². The highest BCUT2D eigenvalue weighted by atomic mass is 16.2. The molecule has 0 bridgehead atoms. The number of H-pyrrole nitrogens is 1. The molecule has 0 spiro atoms. The second-order valence-corrected chi connectivity index (χ2v) is 6.37. The number of para-hydroxylation sites is 1. The van der Waals surface area contributed by atoms with E-state index in [0.717, 1.165) is 12.8 Å². The molecule has 1 N–H and O–H groups in total. The maximum atomic E-state index is 12.8. The Hall–Kier alpha value is -3.22. The molecular formula is C20H22N4O3. The molecule has 0 unspecified atom stereocenters. The van der Waals surface area contributed by atoms with Crippen molar-refractivity contribution in [2.45, 2.75) is 32.9 Å². The second-order valence-electron chi connectivity index (χ2n) is 6.37. The van der Waals surface area contributed by atoms with Crippen LogP contribution in [0.2, 0.25) is 0 Å². The van der Waals surface area contributed by atoms with Gasteiger partial charge < -0.3 is 14.5 Å². The number of pyridine rings is 1. The van der Waals surface area contributed by atoms with Crippen molar-refractivity contribution in [1.29, 1.82) is 0 Å². The fourth-order valence-corrected chi connectivity index (χ4v) is 2.87. The van der Waals surface area contributed by atoms with Crippen LogP contribution in [0.1, 0.15) is 25.6 Å². The average molecular weight is 366 g/mol. The van der Waals surface area contributed by atoms with Gasteiger partial charge in [-0.05, 0) is 24.6 Å². The summed E-state index contributed by atoms with van der Waals surface area (Å²) in [7, 11) is 0. The third-order valence-corrected chi connectivity index (χ3v) is 4.34. The largest absolute Gasteiger partial charge is 0.334 e.